The summed E-state index contributed by atoms with van der Waals surface area (Å²) in [5.74, 6) is 0.766. The van der Waals surface area contributed by atoms with Gasteiger partial charge in [0.15, 0.2) is 0 Å². The first kappa shape index (κ1) is 11.7. The molecule has 0 aliphatic heterocycles. The van der Waals surface area contributed by atoms with Gasteiger partial charge in [0.05, 0.1) is 0 Å². The highest BCUT2D eigenvalue weighted by Crippen LogP contribution is 2.40. The van der Waals surface area contributed by atoms with Crippen LogP contribution in [0.2, 0.25) is 0 Å². The molecule has 0 aromatic carbocycles. The van der Waals surface area contributed by atoms with Crippen LogP contribution in [0.15, 0.2) is 28.1 Å². The van der Waals surface area contributed by atoms with Crippen molar-refractivity contribution in [2.45, 2.75) is 25.7 Å². The minimum absolute atomic E-state index is 0.295. The summed E-state index contributed by atoms with van der Waals surface area (Å²) in [4.78, 5) is 1.44. The third kappa shape index (κ3) is 2.66. The first-order chi connectivity index (χ1) is 7.26. The van der Waals surface area contributed by atoms with Gasteiger partial charge in [0, 0.05) is 15.2 Å². The van der Waals surface area contributed by atoms with Gasteiger partial charge in [-0.1, -0.05) is 12.2 Å². The summed E-state index contributed by atoms with van der Waals surface area (Å²) in [6.45, 7) is 0. The Hall–Kier alpha value is 0.210. The van der Waals surface area contributed by atoms with Gasteiger partial charge in [0.2, 0.25) is 0 Å². The fourth-order valence-electron chi connectivity index (χ4n) is 2.06. The molecule has 1 atom stereocenters. The monoisotopic (exact) mass is 304 g/mol. The quantitative estimate of drug-likeness (QED) is 0.543. The van der Waals surface area contributed by atoms with E-state index in [-0.39, 0.29) is 0 Å². The summed E-state index contributed by atoms with van der Waals surface area (Å²) in [7, 11) is 0. The minimum atomic E-state index is 0.295. The zero-order valence-corrected chi connectivity index (χ0v) is 11.7. The number of allylic oxidation sites excluding steroid dienone is 2. The van der Waals surface area contributed by atoms with Crippen LogP contribution in [0, 0.1) is 5.41 Å². The van der Waals surface area contributed by atoms with Crippen LogP contribution in [0.4, 0.5) is 0 Å². The van der Waals surface area contributed by atoms with Crippen molar-refractivity contribution in [2.24, 2.45) is 5.41 Å². The topological polar surface area (TPSA) is 0 Å². The summed E-state index contributed by atoms with van der Waals surface area (Å²) < 4.78 is 1.24. The average molecular weight is 306 g/mol. The van der Waals surface area contributed by atoms with Crippen LogP contribution in [-0.2, 0) is 6.42 Å². The molecule has 82 valence electrons. The molecule has 1 aromatic heterocycles. The molecule has 15 heavy (non-hydrogen) atoms. The Morgan fingerprint density at radius 3 is 2.87 bits per heavy atom. The molecule has 0 bridgehead atoms. The van der Waals surface area contributed by atoms with Crippen molar-refractivity contribution in [3.8, 4) is 0 Å². The zero-order valence-electron chi connectivity index (χ0n) is 8.51. The van der Waals surface area contributed by atoms with Crippen LogP contribution in [0.1, 0.15) is 24.1 Å². The molecule has 0 saturated carbocycles. The smallest absolute Gasteiger partial charge is 0.0314 e. The molecule has 1 aliphatic rings. The molecule has 1 aliphatic carbocycles. The standard InChI is InChI=1S/C12H14BrClS/c13-10-4-7-15-11(10)8-12(9-14)5-2-1-3-6-12/h1-2,4,7H,3,5-6,8-9H2. The van der Waals surface area contributed by atoms with Crippen molar-refractivity contribution < 1.29 is 0 Å². The molecule has 1 aromatic rings. The molecule has 0 saturated heterocycles. The van der Waals surface area contributed by atoms with Gasteiger partial charge >= 0.3 is 0 Å². The third-order valence-electron chi connectivity index (χ3n) is 3.07. The van der Waals surface area contributed by atoms with E-state index in [0.29, 0.717) is 5.41 Å². The Bertz CT molecular complexity index is 358. The summed E-state index contributed by atoms with van der Waals surface area (Å²) in [6, 6.07) is 2.13. The van der Waals surface area contributed by atoms with Crippen LogP contribution in [0.5, 0.6) is 0 Å². The summed E-state index contributed by atoms with van der Waals surface area (Å²) in [5.41, 5.74) is 0.295. The first-order valence-corrected chi connectivity index (χ1v) is 7.39. The second-order valence-electron chi connectivity index (χ2n) is 4.22. The molecule has 3 heteroatoms. The van der Waals surface area contributed by atoms with E-state index in [2.05, 4.69) is 39.5 Å². The number of halogens is 2. The lowest BCUT2D eigenvalue weighted by Gasteiger charge is -2.32. The molecule has 0 spiro atoms. The second kappa shape index (κ2) is 5.03. The van der Waals surface area contributed by atoms with Crippen LogP contribution in [0.3, 0.4) is 0 Å². The van der Waals surface area contributed by atoms with Gasteiger partial charge in [-0.05, 0) is 58.5 Å². The van der Waals surface area contributed by atoms with Crippen molar-refractivity contribution >= 4 is 38.9 Å². The van der Waals surface area contributed by atoms with E-state index in [1.165, 1.54) is 22.2 Å². The minimum Gasteiger partial charge on any atom is -0.148 e. The van der Waals surface area contributed by atoms with Crippen LogP contribution >= 0.6 is 38.9 Å². The Kier molecular flexibility index (Phi) is 3.92. The molecule has 1 heterocycles. The summed E-state index contributed by atoms with van der Waals surface area (Å²) in [5, 5.41) is 2.14. The molecule has 0 radical (unpaired) electrons. The van der Waals surface area contributed by atoms with Gasteiger partial charge in [-0.3, -0.25) is 0 Å². The van der Waals surface area contributed by atoms with Crippen molar-refractivity contribution in [1.29, 1.82) is 0 Å². The van der Waals surface area contributed by atoms with Crippen LogP contribution in [0.25, 0.3) is 0 Å². The largest absolute Gasteiger partial charge is 0.148 e. The van der Waals surface area contributed by atoms with Gasteiger partial charge in [0.25, 0.3) is 0 Å². The second-order valence-corrected chi connectivity index (χ2v) is 6.34. The number of alkyl halides is 1. The van der Waals surface area contributed by atoms with E-state index in [1.54, 1.807) is 0 Å². The van der Waals surface area contributed by atoms with Gasteiger partial charge in [-0.2, -0.15) is 0 Å². The third-order valence-corrected chi connectivity index (χ3v) is 5.56. The maximum absolute atomic E-state index is 6.16. The average Bonchev–Trinajstić information content (AvgIpc) is 2.66. The van der Waals surface area contributed by atoms with Crippen molar-refractivity contribution in [1.82, 2.24) is 0 Å². The van der Waals surface area contributed by atoms with Crippen molar-refractivity contribution in [2.75, 3.05) is 5.88 Å². The number of hydrogen-bond donors (Lipinski definition) is 0. The molecule has 0 N–H and O–H groups in total. The number of rotatable bonds is 3. The molecule has 0 nitrogen and oxygen atoms in total. The number of hydrogen-bond acceptors (Lipinski definition) is 1. The van der Waals surface area contributed by atoms with Gasteiger partial charge in [0.1, 0.15) is 0 Å². The Balaban J connectivity index is 2.14. The maximum Gasteiger partial charge on any atom is 0.0314 e. The maximum atomic E-state index is 6.16. The van der Waals surface area contributed by atoms with Gasteiger partial charge < -0.3 is 0 Å². The Morgan fingerprint density at radius 2 is 2.33 bits per heavy atom. The lowest BCUT2D eigenvalue weighted by Crippen LogP contribution is -2.26. The lowest BCUT2D eigenvalue weighted by molar-refractivity contribution is 0.297. The first-order valence-electron chi connectivity index (χ1n) is 5.19. The number of thiophene rings is 1. The molecule has 0 fully saturated rings. The van der Waals surface area contributed by atoms with E-state index >= 15 is 0 Å². The molecule has 0 amide bonds. The predicted molar refractivity (Wildman–Crippen MR) is 71.9 cm³/mol. The van der Waals surface area contributed by atoms with Crippen molar-refractivity contribution in [3.63, 3.8) is 0 Å². The molecular formula is C12H14BrClS. The van der Waals surface area contributed by atoms with E-state index < -0.39 is 0 Å². The van der Waals surface area contributed by atoms with Crippen LogP contribution < -0.4 is 0 Å². The fraction of sp³-hybridized carbons (Fsp3) is 0.500. The summed E-state index contributed by atoms with van der Waals surface area (Å²) >= 11 is 11.6. The van der Waals surface area contributed by atoms with E-state index in [4.69, 9.17) is 11.6 Å². The Labute approximate surface area is 108 Å². The summed E-state index contributed by atoms with van der Waals surface area (Å²) in [6.07, 6.45) is 9.19. The molecular weight excluding hydrogens is 292 g/mol. The lowest BCUT2D eigenvalue weighted by atomic mass is 9.76. The van der Waals surface area contributed by atoms with Gasteiger partial charge in [-0.25, -0.2) is 0 Å². The Morgan fingerprint density at radius 1 is 1.47 bits per heavy atom. The molecule has 1 unspecified atom stereocenters. The van der Waals surface area contributed by atoms with E-state index in [1.807, 2.05) is 11.3 Å². The highest BCUT2D eigenvalue weighted by atomic mass is 79.9. The normalized spacial score (nSPS) is 25.7. The highest BCUT2D eigenvalue weighted by molar-refractivity contribution is 9.10. The van der Waals surface area contributed by atoms with E-state index in [9.17, 15) is 0 Å². The van der Waals surface area contributed by atoms with Crippen molar-refractivity contribution in [3.05, 3.63) is 32.9 Å². The van der Waals surface area contributed by atoms with E-state index in [0.717, 1.165) is 18.7 Å². The predicted octanol–water partition coefficient (Wildman–Crippen LogP) is 5.02. The van der Waals surface area contributed by atoms with Gasteiger partial charge in [-0.15, -0.1) is 22.9 Å². The SMILES string of the molecule is ClCC1(Cc2sccc2Br)CC=CCC1. The fourth-order valence-corrected chi connectivity index (χ4v) is 4.07. The molecule has 2 rings (SSSR count). The zero-order chi connectivity index (χ0) is 10.7. The van der Waals surface area contributed by atoms with Crippen LogP contribution in [-0.4, -0.2) is 5.88 Å². The highest BCUT2D eigenvalue weighted by Gasteiger charge is 2.30.